The highest BCUT2D eigenvalue weighted by Crippen LogP contribution is 2.41. The Hall–Kier alpha value is -2.81. The molecule has 0 radical (unpaired) electrons. The minimum absolute atomic E-state index is 0.0852. The maximum atomic E-state index is 12.7. The molecule has 1 heterocycles. The van der Waals surface area contributed by atoms with Gasteiger partial charge in [0, 0.05) is 29.2 Å². The van der Waals surface area contributed by atoms with E-state index in [0.717, 1.165) is 41.5 Å². The Morgan fingerprint density at radius 1 is 1.16 bits per heavy atom. The van der Waals surface area contributed by atoms with Gasteiger partial charge in [-0.25, -0.2) is 8.42 Å². The minimum atomic E-state index is -3.44. The van der Waals surface area contributed by atoms with Crippen molar-refractivity contribution in [2.45, 2.75) is 45.1 Å². The lowest BCUT2D eigenvalue weighted by atomic mass is 10.1. The Morgan fingerprint density at radius 3 is 2.42 bits per heavy atom. The molecule has 3 N–H and O–H groups in total. The van der Waals surface area contributed by atoms with Gasteiger partial charge in [0.15, 0.2) is 0 Å². The highest BCUT2D eigenvalue weighted by molar-refractivity contribution is 7.93. The first-order valence-electron chi connectivity index (χ1n) is 10.1. The molecule has 6 nitrogen and oxygen atoms in total. The van der Waals surface area contributed by atoms with Crippen LogP contribution in [0.5, 0.6) is 5.75 Å². The number of hydrogen-bond acceptors (Lipinski definition) is 4. The number of anilines is 2. The number of nitrogen functional groups attached to an aromatic ring is 1. The van der Waals surface area contributed by atoms with E-state index in [2.05, 4.69) is 9.46 Å². The lowest BCUT2D eigenvalue weighted by Crippen LogP contribution is -2.22. The molecule has 0 unspecified atom stereocenters. The molecule has 9 heteroatoms. The zero-order chi connectivity index (χ0) is 22.3. The van der Waals surface area contributed by atoms with Crippen LogP contribution in [0.4, 0.5) is 20.2 Å². The smallest absolute Gasteiger partial charge is 0.387 e. The van der Waals surface area contributed by atoms with Crippen molar-refractivity contribution >= 4 is 32.3 Å². The number of nitrogens with two attached hydrogens (primary N) is 1. The number of halogens is 2. The summed E-state index contributed by atoms with van der Waals surface area (Å²) in [6.45, 7) is 1.05. The van der Waals surface area contributed by atoms with Crippen LogP contribution in [0.1, 0.15) is 26.7 Å². The van der Waals surface area contributed by atoms with Crippen molar-refractivity contribution in [1.29, 1.82) is 0 Å². The van der Waals surface area contributed by atoms with Crippen LogP contribution in [-0.2, 0) is 16.6 Å². The summed E-state index contributed by atoms with van der Waals surface area (Å²) >= 11 is 0. The van der Waals surface area contributed by atoms with E-state index in [9.17, 15) is 17.2 Å². The van der Waals surface area contributed by atoms with Crippen molar-refractivity contribution in [3.05, 3.63) is 42.5 Å². The normalized spacial score (nSPS) is 14.5. The molecule has 1 saturated carbocycles. The molecule has 166 valence electrons. The van der Waals surface area contributed by atoms with Crippen molar-refractivity contribution in [2.75, 3.05) is 10.5 Å². The second-order valence-corrected chi connectivity index (χ2v) is 10.4. The van der Waals surface area contributed by atoms with E-state index in [1.54, 1.807) is 38.1 Å². The van der Waals surface area contributed by atoms with Gasteiger partial charge < -0.3 is 15.0 Å². The number of nitrogens with one attached hydrogen (secondary N) is 1. The second-order valence-electron chi connectivity index (χ2n) is 8.15. The Balaban J connectivity index is 1.76. The van der Waals surface area contributed by atoms with E-state index in [4.69, 9.17) is 5.73 Å². The average Bonchev–Trinajstić information content (AvgIpc) is 3.47. The summed E-state index contributed by atoms with van der Waals surface area (Å²) in [7, 11) is -3.44. The van der Waals surface area contributed by atoms with Gasteiger partial charge in [0.1, 0.15) is 5.75 Å². The van der Waals surface area contributed by atoms with E-state index in [0.29, 0.717) is 17.3 Å². The number of fused-ring (bicyclic) bond motifs is 1. The van der Waals surface area contributed by atoms with Gasteiger partial charge in [0.2, 0.25) is 10.0 Å². The Kier molecular flexibility index (Phi) is 5.55. The van der Waals surface area contributed by atoms with Gasteiger partial charge in [0.05, 0.1) is 22.1 Å². The molecule has 1 fully saturated rings. The number of benzene rings is 2. The van der Waals surface area contributed by atoms with E-state index < -0.39 is 21.9 Å². The number of rotatable bonds is 8. The first-order chi connectivity index (χ1) is 14.7. The van der Waals surface area contributed by atoms with Crippen molar-refractivity contribution in [2.24, 2.45) is 5.92 Å². The third kappa shape index (κ3) is 4.46. The van der Waals surface area contributed by atoms with Crippen molar-refractivity contribution in [1.82, 2.24) is 4.57 Å². The van der Waals surface area contributed by atoms with Crippen LogP contribution in [0.25, 0.3) is 22.2 Å². The van der Waals surface area contributed by atoms with Crippen LogP contribution in [0.15, 0.2) is 42.5 Å². The number of hydrogen-bond donors (Lipinski definition) is 2. The van der Waals surface area contributed by atoms with Crippen LogP contribution < -0.4 is 15.2 Å². The van der Waals surface area contributed by atoms with Crippen LogP contribution in [0, 0.1) is 5.92 Å². The fourth-order valence-electron chi connectivity index (χ4n) is 3.57. The standard InChI is InChI=1S/C22H25F2N3O3S/c1-13(2)31(28,29)26-16-7-5-15(6-8-16)21-20(25)18-10-9-17(30-22(23)24)11-19(18)27(21)12-14-3-4-14/h5-11,13-14,22,26H,3-4,12,25H2,1-2H3. The number of aromatic nitrogens is 1. The number of sulfonamides is 1. The molecule has 4 rings (SSSR count). The maximum absolute atomic E-state index is 12.7. The molecule has 2 aromatic carbocycles. The fourth-order valence-corrected chi connectivity index (χ4v) is 4.27. The Morgan fingerprint density at radius 2 is 1.84 bits per heavy atom. The summed E-state index contributed by atoms with van der Waals surface area (Å²) in [4.78, 5) is 0. The predicted molar refractivity (Wildman–Crippen MR) is 119 cm³/mol. The molecule has 0 spiro atoms. The van der Waals surface area contributed by atoms with Gasteiger partial charge in [-0.3, -0.25) is 4.72 Å². The first-order valence-corrected chi connectivity index (χ1v) is 11.7. The SMILES string of the molecule is CC(C)S(=O)(=O)Nc1ccc(-c2c(N)c3ccc(OC(F)F)cc3n2CC2CC2)cc1. The minimum Gasteiger partial charge on any atom is -0.435 e. The molecule has 1 aliphatic carbocycles. The molecular weight excluding hydrogens is 424 g/mol. The van der Waals surface area contributed by atoms with Gasteiger partial charge in [-0.05, 0) is 56.9 Å². The van der Waals surface area contributed by atoms with Crippen molar-refractivity contribution in [3.63, 3.8) is 0 Å². The van der Waals surface area contributed by atoms with Crippen molar-refractivity contribution in [3.8, 4) is 17.0 Å². The Labute approximate surface area is 180 Å². The highest BCUT2D eigenvalue weighted by atomic mass is 32.2. The summed E-state index contributed by atoms with van der Waals surface area (Å²) in [5, 5.41) is 0.218. The summed E-state index contributed by atoms with van der Waals surface area (Å²) in [6.07, 6.45) is 2.23. The van der Waals surface area contributed by atoms with Gasteiger partial charge in [-0.15, -0.1) is 0 Å². The maximum Gasteiger partial charge on any atom is 0.387 e. The van der Waals surface area contributed by atoms with Crippen LogP contribution in [-0.4, -0.2) is 24.8 Å². The number of alkyl halides is 2. The van der Waals surface area contributed by atoms with Gasteiger partial charge in [-0.1, -0.05) is 12.1 Å². The van der Waals surface area contributed by atoms with E-state index in [1.807, 2.05) is 16.7 Å². The molecule has 0 saturated heterocycles. The molecule has 1 aromatic heterocycles. The monoisotopic (exact) mass is 449 g/mol. The third-order valence-electron chi connectivity index (χ3n) is 5.48. The third-order valence-corrected chi connectivity index (χ3v) is 7.24. The molecule has 0 aliphatic heterocycles. The molecule has 3 aromatic rings. The molecular formula is C22H25F2N3O3S. The van der Waals surface area contributed by atoms with Gasteiger partial charge >= 0.3 is 6.61 Å². The molecule has 0 atom stereocenters. The quantitative estimate of drug-likeness (QED) is 0.504. The summed E-state index contributed by atoms with van der Waals surface area (Å²) in [6, 6.07) is 11.8. The molecule has 0 amide bonds. The lowest BCUT2D eigenvalue weighted by Gasteiger charge is -2.14. The largest absolute Gasteiger partial charge is 0.435 e. The Bertz CT molecular complexity index is 1200. The lowest BCUT2D eigenvalue weighted by molar-refractivity contribution is -0.0497. The zero-order valence-corrected chi connectivity index (χ0v) is 18.1. The van der Waals surface area contributed by atoms with E-state index in [-0.39, 0.29) is 5.75 Å². The summed E-state index contributed by atoms with van der Waals surface area (Å²) in [5.74, 6) is 0.604. The number of ether oxygens (including phenoxy) is 1. The highest BCUT2D eigenvalue weighted by Gasteiger charge is 2.26. The van der Waals surface area contributed by atoms with Crippen molar-refractivity contribution < 1.29 is 21.9 Å². The average molecular weight is 450 g/mol. The molecule has 31 heavy (non-hydrogen) atoms. The van der Waals surface area contributed by atoms with Gasteiger partial charge in [-0.2, -0.15) is 8.78 Å². The van der Waals surface area contributed by atoms with E-state index >= 15 is 0 Å². The van der Waals surface area contributed by atoms with Gasteiger partial charge in [0.25, 0.3) is 0 Å². The van der Waals surface area contributed by atoms with E-state index in [1.165, 1.54) is 6.07 Å². The zero-order valence-electron chi connectivity index (χ0n) is 17.3. The number of nitrogens with zero attached hydrogens (tertiary/aromatic N) is 1. The predicted octanol–water partition coefficient (Wildman–Crippen LogP) is 5.05. The fraction of sp³-hybridized carbons (Fsp3) is 0.364. The summed E-state index contributed by atoms with van der Waals surface area (Å²) in [5.41, 5.74) is 9.84. The van der Waals surface area contributed by atoms with Crippen LogP contribution >= 0.6 is 0 Å². The van der Waals surface area contributed by atoms with Crippen LogP contribution in [0.3, 0.4) is 0 Å². The second kappa shape index (κ2) is 8.03. The topological polar surface area (TPSA) is 86.3 Å². The summed E-state index contributed by atoms with van der Waals surface area (Å²) < 4.78 is 58.8. The molecule has 1 aliphatic rings. The molecule has 0 bridgehead atoms. The first kappa shape index (κ1) is 21.4. The van der Waals surface area contributed by atoms with Crippen LogP contribution in [0.2, 0.25) is 0 Å².